The van der Waals surface area contributed by atoms with Crippen LogP contribution in [0.5, 0.6) is 0 Å². The number of rotatable bonds is 13. The molecule has 6 atom stereocenters. The van der Waals surface area contributed by atoms with Crippen LogP contribution in [-0.2, 0) is 18.9 Å². The Bertz CT molecular complexity index is 1290. The first-order valence-corrected chi connectivity index (χ1v) is 15.6. The summed E-state index contributed by atoms with van der Waals surface area (Å²) in [6.07, 6.45) is 6.38. The summed E-state index contributed by atoms with van der Waals surface area (Å²) in [6.45, 7) is 13.0. The van der Waals surface area contributed by atoms with Crippen molar-refractivity contribution >= 4 is 31.0 Å². The third-order valence-corrected chi connectivity index (χ3v) is 9.59. The van der Waals surface area contributed by atoms with Gasteiger partial charge in [0, 0.05) is 12.6 Å². The van der Waals surface area contributed by atoms with Gasteiger partial charge >= 0.3 is 7.12 Å². The van der Waals surface area contributed by atoms with Gasteiger partial charge in [-0.05, 0) is 80.8 Å². The minimum Gasteiger partial charge on any atom is -0.404 e. The summed E-state index contributed by atoms with van der Waals surface area (Å²) < 4.78 is 13.2. The second-order valence-corrected chi connectivity index (χ2v) is 13.7. The standard InChI is InChI=1S/C31H47BN6O6/c1-19(2)15-26(32-43-25-18-22-17-24(30(22,4)5)31(25,6)44-32)36-28(40)23(11-8-14-34-29(33)37-38(41)42)35-27(39)13-12-21-10-7-9-20(3)16-21/h7,9-10,12-13,16,19,22-26H,8,11,14-15,17-18H2,1-6H3,(H,35,39)(H,36,40)(H3,33,34,37)/b13-12+/t22-,23+,24-,25-,26+,31+/m1/s1. The van der Waals surface area contributed by atoms with E-state index in [2.05, 4.69) is 50.2 Å². The van der Waals surface area contributed by atoms with Gasteiger partial charge in [0.05, 0.1) is 17.6 Å². The molecule has 3 saturated carbocycles. The Hall–Kier alpha value is -3.45. The van der Waals surface area contributed by atoms with Gasteiger partial charge in [-0.3, -0.25) is 9.59 Å². The number of nitrogens with zero attached hydrogens (tertiary/aromatic N) is 2. The SMILES string of the molecule is Cc1cccc(/C=C/C(=O)N[C@@H](CCCN=C(N)N[N+](=O)[O-])C(=O)N[C@@H](CC(C)C)B2O[C@@H]3C[C@H]4C[C@H](C4(C)C)[C@]3(C)O2)c1. The number of hydrogen-bond donors (Lipinski definition) is 4. The maximum atomic E-state index is 13.8. The van der Waals surface area contributed by atoms with E-state index in [-0.39, 0.29) is 42.3 Å². The molecular weight excluding hydrogens is 563 g/mol. The van der Waals surface area contributed by atoms with Crippen LogP contribution in [0.4, 0.5) is 0 Å². The van der Waals surface area contributed by atoms with E-state index < -0.39 is 35.6 Å². The number of aliphatic imine (C=N–C) groups is 1. The van der Waals surface area contributed by atoms with Gasteiger partial charge in [-0.15, -0.1) is 0 Å². The number of guanidine groups is 1. The van der Waals surface area contributed by atoms with E-state index in [1.165, 1.54) is 6.08 Å². The molecule has 1 aromatic carbocycles. The quantitative estimate of drug-likeness (QED) is 0.0502. The molecule has 1 aromatic rings. The minimum atomic E-state index is -0.884. The molecule has 2 amide bonds. The summed E-state index contributed by atoms with van der Waals surface area (Å²) >= 11 is 0. The zero-order valence-electron chi connectivity index (χ0n) is 26.7. The molecule has 0 aromatic heterocycles. The number of amides is 2. The summed E-state index contributed by atoms with van der Waals surface area (Å²) in [4.78, 5) is 41.2. The van der Waals surface area contributed by atoms with E-state index >= 15 is 0 Å². The molecule has 240 valence electrons. The maximum Gasteiger partial charge on any atom is 0.481 e. The zero-order valence-corrected chi connectivity index (χ0v) is 26.7. The number of benzene rings is 1. The fourth-order valence-electron chi connectivity index (χ4n) is 7.16. The molecule has 12 nitrogen and oxygen atoms in total. The number of carbonyl (C=O) groups excluding carboxylic acids is 2. The number of nitrogens with two attached hydrogens (primary N) is 1. The van der Waals surface area contributed by atoms with Crippen molar-refractivity contribution < 1.29 is 23.9 Å². The van der Waals surface area contributed by atoms with Gasteiger partial charge in [0.15, 0.2) is 5.03 Å². The van der Waals surface area contributed by atoms with Crippen LogP contribution < -0.4 is 21.8 Å². The van der Waals surface area contributed by atoms with E-state index in [0.717, 1.165) is 24.0 Å². The van der Waals surface area contributed by atoms with E-state index in [0.29, 0.717) is 24.7 Å². The number of hydrazine groups is 1. The van der Waals surface area contributed by atoms with Crippen molar-refractivity contribution in [3.8, 4) is 0 Å². The average Bonchev–Trinajstić information content (AvgIpc) is 3.29. The van der Waals surface area contributed by atoms with Gasteiger partial charge in [-0.1, -0.05) is 62.9 Å². The number of nitro groups is 1. The molecule has 4 fully saturated rings. The molecule has 4 aliphatic rings. The highest BCUT2D eigenvalue weighted by Gasteiger charge is 2.68. The van der Waals surface area contributed by atoms with Gasteiger partial charge in [-0.25, -0.2) is 15.1 Å². The predicted molar refractivity (Wildman–Crippen MR) is 169 cm³/mol. The third-order valence-electron chi connectivity index (χ3n) is 9.59. The average molecular weight is 611 g/mol. The lowest BCUT2D eigenvalue weighted by Crippen LogP contribution is -2.65. The van der Waals surface area contributed by atoms with Gasteiger partial charge in [0.1, 0.15) is 6.04 Å². The highest BCUT2D eigenvalue weighted by Crippen LogP contribution is 2.65. The largest absolute Gasteiger partial charge is 0.481 e. The van der Waals surface area contributed by atoms with Crippen LogP contribution in [0, 0.1) is 40.2 Å². The molecule has 44 heavy (non-hydrogen) atoms. The topological polar surface area (TPSA) is 170 Å². The highest BCUT2D eigenvalue weighted by atomic mass is 16.7. The molecular formula is C31H47BN6O6. The number of nitrogens with one attached hydrogen (secondary N) is 3. The Morgan fingerprint density at radius 2 is 2.00 bits per heavy atom. The molecule has 0 unspecified atom stereocenters. The Kier molecular flexibility index (Phi) is 10.4. The molecule has 1 aliphatic heterocycles. The van der Waals surface area contributed by atoms with Crippen molar-refractivity contribution in [1.29, 1.82) is 0 Å². The van der Waals surface area contributed by atoms with Crippen molar-refractivity contribution in [3.05, 3.63) is 51.6 Å². The lowest BCUT2D eigenvalue weighted by Gasteiger charge is -2.64. The highest BCUT2D eigenvalue weighted by molar-refractivity contribution is 6.48. The van der Waals surface area contributed by atoms with Crippen molar-refractivity contribution in [2.24, 2.45) is 33.9 Å². The molecule has 5 rings (SSSR count). The fourth-order valence-corrected chi connectivity index (χ4v) is 7.16. The first kappa shape index (κ1) is 33.4. The monoisotopic (exact) mass is 610 g/mol. The summed E-state index contributed by atoms with van der Waals surface area (Å²) in [6, 6.07) is 6.84. The van der Waals surface area contributed by atoms with Crippen LogP contribution in [0.2, 0.25) is 0 Å². The molecule has 1 saturated heterocycles. The van der Waals surface area contributed by atoms with Crippen LogP contribution in [0.1, 0.15) is 77.8 Å². The van der Waals surface area contributed by atoms with Gasteiger partial charge in [0.25, 0.3) is 5.96 Å². The van der Waals surface area contributed by atoms with E-state index in [1.807, 2.05) is 31.2 Å². The van der Waals surface area contributed by atoms with Crippen LogP contribution >= 0.6 is 0 Å². The van der Waals surface area contributed by atoms with Crippen LogP contribution in [0.15, 0.2) is 35.3 Å². The molecule has 1 heterocycles. The van der Waals surface area contributed by atoms with Crippen LogP contribution in [0.3, 0.4) is 0 Å². The van der Waals surface area contributed by atoms with Gasteiger partial charge in [-0.2, -0.15) is 0 Å². The Balaban J connectivity index is 1.46. The van der Waals surface area contributed by atoms with Crippen LogP contribution in [-0.4, -0.2) is 60.2 Å². The number of hydrogen-bond acceptors (Lipinski definition) is 7. The minimum absolute atomic E-state index is 0.0193. The Morgan fingerprint density at radius 1 is 1.25 bits per heavy atom. The van der Waals surface area contributed by atoms with Crippen LogP contribution in [0.25, 0.3) is 6.08 Å². The summed E-state index contributed by atoms with van der Waals surface area (Å²) in [5.41, 5.74) is 9.04. The van der Waals surface area contributed by atoms with Crippen molar-refractivity contribution in [1.82, 2.24) is 16.1 Å². The zero-order chi connectivity index (χ0) is 32.2. The molecule has 13 heteroatoms. The fraction of sp³-hybridized carbons (Fsp3) is 0.645. The summed E-state index contributed by atoms with van der Waals surface area (Å²) in [5, 5.41) is 15.8. The lowest BCUT2D eigenvalue weighted by atomic mass is 9.43. The number of aryl methyl sites for hydroxylation is 1. The van der Waals surface area contributed by atoms with Crippen molar-refractivity contribution in [2.45, 2.75) is 97.3 Å². The van der Waals surface area contributed by atoms with E-state index in [9.17, 15) is 19.7 Å². The number of carbonyl (C=O) groups is 2. The smallest absolute Gasteiger partial charge is 0.404 e. The van der Waals surface area contributed by atoms with Gasteiger partial charge in [0.2, 0.25) is 11.8 Å². The van der Waals surface area contributed by atoms with Crippen molar-refractivity contribution in [3.63, 3.8) is 0 Å². The summed E-state index contributed by atoms with van der Waals surface area (Å²) in [7, 11) is -0.596. The lowest BCUT2D eigenvalue weighted by molar-refractivity contribution is -0.525. The molecule has 0 spiro atoms. The third kappa shape index (κ3) is 7.79. The normalized spacial score (nSPS) is 26.9. The molecule has 5 N–H and O–H groups in total. The molecule has 2 bridgehead atoms. The Morgan fingerprint density at radius 3 is 2.66 bits per heavy atom. The van der Waals surface area contributed by atoms with E-state index in [1.54, 1.807) is 11.5 Å². The molecule has 3 aliphatic carbocycles. The summed E-state index contributed by atoms with van der Waals surface area (Å²) in [5.74, 6) is -0.260. The first-order valence-electron chi connectivity index (χ1n) is 15.6. The van der Waals surface area contributed by atoms with E-state index in [4.69, 9.17) is 15.0 Å². The van der Waals surface area contributed by atoms with Gasteiger partial charge < -0.3 is 25.7 Å². The van der Waals surface area contributed by atoms with Crippen molar-refractivity contribution in [2.75, 3.05) is 6.54 Å². The Labute approximate surface area is 260 Å². The second kappa shape index (κ2) is 13.7. The second-order valence-electron chi connectivity index (χ2n) is 13.7. The molecule has 0 radical (unpaired) electrons. The first-order chi connectivity index (χ1) is 20.7. The predicted octanol–water partition coefficient (Wildman–Crippen LogP) is 3.17. The maximum absolute atomic E-state index is 13.8.